The fraction of sp³-hybridized carbons (Fsp3) is 0.118. The molecule has 24 heavy (non-hydrogen) atoms. The topological polar surface area (TPSA) is 100 Å². The first-order valence-electron chi connectivity index (χ1n) is 7.11. The van der Waals surface area contributed by atoms with E-state index in [1.165, 1.54) is 18.3 Å². The Labute approximate surface area is 139 Å². The Morgan fingerprint density at radius 1 is 1.12 bits per heavy atom. The number of nitrogens with one attached hydrogen (secondary N) is 2. The van der Waals surface area contributed by atoms with Gasteiger partial charge in [0.2, 0.25) is 0 Å². The number of nitrogens with zero attached hydrogens (tertiary/aromatic N) is 1. The number of hydrogen-bond donors (Lipinski definition) is 3. The van der Waals surface area contributed by atoms with Crippen LogP contribution in [0.4, 0.5) is 5.69 Å². The second-order valence-corrected chi connectivity index (χ2v) is 4.80. The Morgan fingerprint density at radius 3 is 2.38 bits per heavy atom. The number of hydrazone groups is 1. The monoisotopic (exact) mass is 327 g/mol. The van der Waals surface area contributed by atoms with Crippen LogP contribution in [0, 0.1) is 0 Å². The van der Waals surface area contributed by atoms with Gasteiger partial charge in [-0.2, -0.15) is 5.10 Å². The van der Waals surface area contributed by atoms with Crippen LogP contribution in [-0.4, -0.2) is 36.9 Å². The van der Waals surface area contributed by atoms with E-state index in [2.05, 4.69) is 15.8 Å². The lowest BCUT2D eigenvalue weighted by Crippen LogP contribution is -2.25. The molecular weight excluding hydrogens is 310 g/mol. The van der Waals surface area contributed by atoms with E-state index in [1.807, 2.05) is 0 Å². The summed E-state index contributed by atoms with van der Waals surface area (Å²) in [6, 6.07) is 13.3. The molecule has 2 rings (SSSR count). The normalized spacial score (nSPS) is 10.4. The van der Waals surface area contributed by atoms with E-state index >= 15 is 0 Å². The molecule has 124 valence electrons. The second kappa shape index (κ2) is 8.33. The third-order valence-electron chi connectivity index (χ3n) is 3.10. The molecule has 0 aliphatic rings. The molecule has 0 saturated heterocycles. The van der Waals surface area contributed by atoms with Crippen LogP contribution in [0.25, 0.3) is 0 Å². The fourth-order valence-corrected chi connectivity index (χ4v) is 1.82. The van der Waals surface area contributed by atoms with E-state index in [-0.39, 0.29) is 18.0 Å². The fourth-order valence-electron chi connectivity index (χ4n) is 1.82. The van der Waals surface area contributed by atoms with Crippen molar-refractivity contribution in [2.45, 2.75) is 0 Å². The zero-order valence-corrected chi connectivity index (χ0v) is 13.0. The Kier molecular flexibility index (Phi) is 5.90. The number of benzene rings is 2. The molecule has 3 N–H and O–H groups in total. The van der Waals surface area contributed by atoms with E-state index in [0.29, 0.717) is 5.56 Å². The molecule has 0 aromatic heterocycles. The minimum atomic E-state index is -0.989. The number of methoxy groups -OCH3 is 1. The minimum Gasteiger partial charge on any atom is -0.497 e. The van der Waals surface area contributed by atoms with Crippen molar-refractivity contribution < 1.29 is 19.4 Å². The predicted molar refractivity (Wildman–Crippen MR) is 90.6 cm³/mol. The van der Waals surface area contributed by atoms with E-state index in [0.717, 1.165) is 11.4 Å². The quantitative estimate of drug-likeness (QED) is 0.533. The van der Waals surface area contributed by atoms with Crippen molar-refractivity contribution in [3.63, 3.8) is 0 Å². The first-order chi connectivity index (χ1) is 11.6. The van der Waals surface area contributed by atoms with Crippen LogP contribution in [0.3, 0.4) is 0 Å². The summed E-state index contributed by atoms with van der Waals surface area (Å²) in [5, 5.41) is 15.6. The number of rotatable bonds is 7. The zero-order valence-electron chi connectivity index (χ0n) is 13.0. The standard InChI is InChI=1S/C17H17N3O4/c1-24-15-8-6-14(7-9-15)18-11-16(21)20-19-10-12-2-4-13(5-3-12)17(22)23/h2-10,18H,11H2,1H3,(H,20,21)(H,22,23). The molecule has 0 aliphatic carbocycles. The van der Waals surface area contributed by atoms with Crippen LogP contribution in [0.2, 0.25) is 0 Å². The highest BCUT2D eigenvalue weighted by atomic mass is 16.5. The van der Waals surface area contributed by atoms with Crippen molar-refractivity contribution in [2.24, 2.45) is 5.10 Å². The summed E-state index contributed by atoms with van der Waals surface area (Å²) < 4.78 is 5.05. The summed E-state index contributed by atoms with van der Waals surface area (Å²) in [5.74, 6) is -0.552. The van der Waals surface area contributed by atoms with Crippen molar-refractivity contribution in [3.05, 3.63) is 59.7 Å². The maximum absolute atomic E-state index is 11.7. The van der Waals surface area contributed by atoms with Crippen molar-refractivity contribution in [3.8, 4) is 5.75 Å². The number of amides is 1. The zero-order chi connectivity index (χ0) is 17.4. The smallest absolute Gasteiger partial charge is 0.335 e. The van der Waals surface area contributed by atoms with Gasteiger partial charge in [0.1, 0.15) is 5.75 Å². The number of carbonyl (C=O) groups is 2. The van der Waals surface area contributed by atoms with Gasteiger partial charge in [-0.3, -0.25) is 4.79 Å². The van der Waals surface area contributed by atoms with Gasteiger partial charge in [0.25, 0.3) is 5.91 Å². The summed E-state index contributed by atoms with van der Waals surface area (Å²) in [7, 11) is 1.59. The number of carboxylic acids is 1. The largest absolute Gasteiger partial charge is 0.497 e. The van der Waals surface area contributed by atoms with Gasteiger partial charge in [-0.1, -0.05) is 12.1 Å². The van der Waals surface area contributed by atoms with Gasteiger partial charge in [-0.25, -0.2) is 10.2 Å². The second-order valence-electron chi connectivity index (χ2n) is 4.80. The molecule has 7 nitrogen and oxygen atoms in total. The summed E-state index contributed by atoms with van der Waals surface area (Å²) in [4.78, 5) is 22.4. The number of carbonyl (C=O) groups excluding carboxylic acids is 1. The summed E-state index contributed by atoms with van der Waals surface area (Å²) in [5.41, 5.74) is 4.06. The molecular formula is C17H17N3O4. The number of hydrogen-bond acceptors (Lipinski definition) is 5. The Morgan fingerprint density at radius 2 is 1.79 bits per heavy atom. The van der Waals surface area contributed by atoms with Gasteiger partial charge >= 0.3 is 5.97 Å². The average Bonchev–Trinajstić information content (AvgIpc) is 2.61. The van der Waals surface area contributed by atoms with Crippen molar-refractivity contribution in [2.75, 3.05) is 19.0 Å². The van der Waals surface area contributed by atoms with Crippen LogP contribution < -0.4 is 15.5 Å². The van der Waals surface area contributed by atoms with Gasteiger partial charge in [-0.15, -0.1) is 0 Å². The van der Waals surface area contributed by atoms with Gasteiger partial charge in [-0.05, 0) is 42.0 Å². The van der Waals surface area contributed by atoms with Crippen molar-refractivity contribution in [1.82, 2.24) is 5.43 Å². The maximum Gasteiger partial charge on any atom is 0.335 e. The molecule has 0 bridgehead atoms. The molecule has 1 amide bonds. The number of carboxylic acid groups (broad SMARTS) is 1. The molecule has 0 atom stereocenters. The van der Waals surface area contributed by atoms with Crippen LogP contribution >= 0.6 is 0 Å². The lowest BCUT2D eigenvalue weighted by atomic mass is 10.1. The summed E-state index contributed by atoms with van der Waals surface area (Å²) >= 11 is 0. The summed E-state index contributed by atoms with van der Waals surface area (Å²) in [6.07, 6.45) is 1.44. The number of ether oxygens (including phenoxy) is 1. The number of aromatic carboxylic acids is 1. The maximum atomic E-state index is 11.7. The Balaban J connectivity index is 1.78. The molecule has 0 aliphatic heterocycles. The molecule has 0 heterocycles. The highest BCUT2D eigenvalue weighted by Gasteiger charge is 2.01. The molecule has 0 fully saturated rings. The van der Waals surface area contributed by atoms with Crippen LogP contribution in [0.15, 0.2) is 53.6 Å². The van der Waals surface area contributed by atoms with E-state index in [4.69, 9.17) is 9.84 Å². The molecule has 0 saturated carbocycles. The minimum absolute atomic E-state index is 0.0711. The molecule has 2 aromatic carbocycles. The molecule has 7 heteroatoms. The molecule has 0 spiro atoms. The Hall–Kier alpha value is -3.35. The van der Waals surface area contributed by atoms with Crippen LogP contribution in [-0.2, 0) is 4.79 Å². The first kappa shape index (κ1) is 17.0. The van der Waals surface area contributed by atoms with Gasteiger partial charge in [0.15, 0.2) is 0 Å². The van der Waals surface area contributed by atoms with Gasteiger partial charge in [0, 0.05) is 5.69 Å². The lowest BCUT2D eigenvalue weighted by molar-refractivity contribution is -0.119. The van der Waals surface area contributed by atoms with Crippen molar-refractivity contribution in [1.29, 1.82) is 0 Å². The van der Waals surface area contributed by atoms with Gasteiger partial charge < -0.3 is 15.2 Å². The number of anilines is 1. The van der Waals surface area contributed by atoms with E-state index in [9.17, 15) is 9.59 Å². The predicted octanol–water partition coefficient (Wildman–Crippen LogP) is 1.96. The van der Waals surface area contributed by atoms with Crippen LogP contribution in [0.1, 0.15) is 15.9 Å². The van der Waals surface area contributed by atoms with Crippen molar-refractivity contribution >= 4 is 23.8 Å². The summed E-state index contributed by atoms with van der Waals surface area (Å²) in [6.45, 7) is 0.0711. The highest BCUT2D eigenvalue weighted by Crippen LogP contribution is 2.14. The Bertz CT molecular complexity index is 725. The van der Waals surface area contributed by atoms with E-state index in [1.54, 1.807) is 43.5 Å². The lowest BCUT2D eigenvalue weighted by Gasteiger charge is -2.06. The highest BCUT2D eigenvalue weighted by molar-refractivity contribution is 5.89. The SMILES string of the molecule is COc1ccc(NCC(=O)NN=Cc2ccc(C(=O)O)cc2)cc1. The van der Waals surface area contributed by atoms with Gasteiger partial charge in [0.05, 0.1) is 25.4 Å². The third-order valence-corrected chi connectivity index (χ3v) is 3.10. The molecule has 0 radical (unpaired) electrons. The van der Waals surface area contributed by atoms with Crippen LogP contribution in [0.5, 0.6) is 5.75 Å². The first-order valence-corrected chi connectivity index (χ1v) is 7.11. The average molecular weight is 327 g/mol. The molecule has 2 aromatic rings. The van der Waals surface area contributed by atoms with E-state index < -0.39 is 5.97 Å². The third kappa shape index (κ3) is 5.13. The molecule has 0 unspecified atom stereocenters.